The van der Waals surface area contributed by atoms with Crippen LogP contribution in [-0.2, 0) is 27.4 Å². The monoisotopic (exact) mass is 715 g/mol. The third kappa shape index (κ3) is 9.55. The number of carbonyl (C=O) groups excluding carboxylic acids is 4. The summed E-state index contributed by atoms with van der Waals surface area (Å²) in [4.78, 5) is 62.1. The Morgan fingerprint density at radius 3 is 2.15 bits per heavy atom. The number of carbonyl (C=O) groups is 4. The Bertz CT molecular complexity index is 1940. The summed E-state index contributed by atoms with van der Waals surface area (Å²) in [6.07, 6.45) is 2.11. The second-order valence-corrected chi connectivity index (χ2v) is 13.3. The van der Waals surface area contributed by atoms with Gasteiger partial charge >= 0.3 is 6.09 Å². The molecule has 0 spiro atoms. The minimum atomic E-state index is -0.981. The molecule has 4 N–H and O–H groups in total. The van der Waals surface area contributed by atoms with Crippen molar-refractivity contribution in [1.82, 2.24) is 20.5 Å². The van der Waals surface area contributed by atoms with Crippen LogP contribution in [0.2, 0.25) is 0 Å². The van der Waals surface area contributed by atoms with E-state index in [0.717, 1.165) is 16.7 Å². The summed E-state index contributed by atoms with van der Waals surface area (Å²) in [6, 6.07) is 32.7. The number of hydrogen-bond donors (Lipinski definition) is 3. The summed E-state index contributed by atoms with van der Waals surface area (Å²) in [5, 5.41) is 5.79. The maximum atomic E-state index is 14.6. The van der Waals surface area contributed by atoms with E-state index >= 15 is 0 Å². The highest BCUT2D eigenvalue weighted by atomic mass is 16.5. The fraction of sp³-hybridized carbons (Fsp3) is 0.310. The van der Waals surface area contributed by atoms with Gasteiger partial charge in [0.25, 0.3) is 5.89 Å². The largest absolute Gasteiger partial charge is 0.445 e. The topological polar surface area (TPSA) is 157 Å². The number of nitrogens with zero attached hydrogens (tertiary/aromatic N) is 2. The lowest BCUT2D eigenvalue weighted by molar-refractivity contribution is -0.140. The Morgan fingerprint density at radius 2 is 1.45 bits per heavy atom. The van der Waals surface area contributed by atoms with Gasteiger partial charge in [0.15, 0.2) is 5.58 Å². The fourth-order valence-electron chi connectivity index (χ4n) is 6.88. The molecule has 0 unspecified atom stereocenters. The Hall–Kier alpha value is -5.81. The molecule has 1 saturated heterocycles. The molecule has 11 nitrogen and oxygen atoms in total. The van der Waals surface area contributed by atoms with E-state index < -0.39 is 41.8 Å². The molecule has 1 aromatic heterocycles. The molecule has 53 heavy (non-hydrogen) atoms. The zero-order valence-corrected chi connectivity index (χ0v) is 29.6. The van der Waals surface area contributed by atoms with E-state index in [1.54, 1.807) is 29.2 Å². The SMILES string of the molecule is NCCCC[C@H](NC(=O)[C@@H]1[C@@H](c2ccccc2)CCN1C(=O)[C@@H](CCc1ccccc1)NC(=O)OCc1ccccc1)C(=O)c1nc2ccccc2o1. The Kier molecular flexibility index (Phi) is 12.6. The van der Waals surface area contributed by atoms with E-state index in [-0.39, 0.29) is 31.4 Å². The van der Waals surface area contributed by atoms with Gasteiger partial charge in [-0.25, -0.2) is 9.78 Å². The van der Waals surface area contributed by atoms with Gasteiger partial charge in [-0.15, -0.1) is 0 Å². The third-order valence-corrected chi connectivity index (χ3v) is 9.63. The van der Waals surface area contributed by atoms with Gasteiger partial charge in [-0.3, -0.25) is 14.4 Å². The molecule has 11 heteroatoms. The zero-order valence-electron chi connectivity index (χ0n) is 29.6. The number of aromatic nitrogens is 1. The quantitative estimate of drug-likeness (QED) is 0.0838. The predicted molar refractivity (Wildman–Crippen MR) is 201 cm³/mol. The molecule has 0 bridgehead atoms. The molecule has 0 saturated carbocycles. The molecule has 0 aliphatic carbocycles. The lowest BCUT2D eigenvalue weighted by atomic mass is 9.90. The van der Waals surface area contributed by atoms with Crippen molar-refractivity contribution in [2.75, 3.05) is 13.1 Å². The molecular formula is C42H45N5O6. The average molecular weight is 716 g/mol. The van der Waals surface area contributed by atoms with E-state index in [9.17, 15) is 19.2 Å². The number of para-hydroxylation sites is 2. The van der Waals surface area contributed by atoms with Crippen molar-refractivity contribution in [3.05, 3.63) is 138 Å². The first-order chi connectivity index (χ1) is 25.9. The number of hydrogen-bond acceptors (Lipinski definition) is 8. The molecule has 0 radical (unpaired) electrons. The molecule has 4 atom stereocenters. The number of fused-ring (bicyclic) bond motifs is 1. The maximum Gasteiger partial charge on any atom is 0.408 e. The number of ether oxygens (including phenoxy) is 1. The summed E-state index contributed by atoms with van der Waals surface area (Å²) in [5.41, 5.74) is 9.48. The van der Waals surface area contributed by atoms with Crippen LogP contribution in [0, 0.1) is 0 Å². The minimum Gasteiger partial charge on any atom is -0.445 e. The number of likely N-dealkylation sites (tertiary alicyclic amines) is 1. The van der Waals surface area contributed by atoms with Crippen molar-refractivity contribution >= 4 is 34.8 Å². The highest BCUT2D eigenvalue weighted by Crippen LogP contribution is 2.35. The first-order valence-corrected chi connectivity index (χ1v) is 18.2. The summed E-state index contributed by atoms with van der Waals surface area (Å²) < 4.78 is 11.3. The molecule has 6 rings (SSSR count). The number of nitrogens with one attached hydrogen (secondary N) is 2. The molecule has 3 amide bonds. The maximum absolute atomic E-state index is 14.6. The average Bonchev–Trinajstić information content (AvgIpc) is 3.85. The Balaban J connectivity index is 1.26. The van der Waals surface area contributed by atoms with Gasteiger partial charge in [0, 0.05) is 12.5 Å². The van der Waals surface area contributed by atoms with Gasteiger partial charge < -0.3 is 30.4 Å². The number of ketones is 1. The summed E-state index contributed by atoms with van der Waals surface area (Å²) in [7, 11) is 0. The zero-order chi connectivity index (χ0) is 37.0. The van der Waals surface area contributed by atoms with E-state index in [2.05, 4.69) is 15.6 Å². The summed E-state index contributed by atoms with van der Waals surface area (Å²) in [5.74, 6) is -1.78. The van der Waals surface area contributed by atoms with Crippen LogP contribution in [0.3, 0.4) is 0 Å². The van der Waals surface area contributed by atoms with Crippen LogP contribution in [0.15, 0.2) is 120 Å². The molecule has 4 aromatic carbocycles. The second-order valence-electron chi connectivity index (χ2n) is 13.3. The number of aryl methyl sites for hydroxylation is 1. The standard InChI is InChI=1S/C42H45N5O6/c43-26-13-12-21-34(38(48)40-45-33-20-10-11-22-36(33)53-40)44-39(49)37-32(31-18-8-3-9-19-31)25-27-47(37)41(50)35(24-23-29-14-4-1-5-15-29)46-42(51)52-28-30-16-6-2-7-17-30/h1-11,14-20,22,32,34-35,37H,12-13,21,23-28,43H2,(H,44,49)(H,46,51)/t32-,34+,35-,37+/m1/s1. The highest BCUT2D eigenvalue weighted by molar-refractivity contribution is 6.01. The molecule has 1 aliphatic heterocycles. The van der Waals surface area contributed by atoms with E-state index in [4.69, 9.17) is 14.9 Å². The van der Waals surface area contributed by atoms with Gasteiger partial charge in [-0.1, -0.05) is 103 Å². The van der Waals surface area contributed by atoms with Crippen molar-refractivity contribution in [3.8, 4) is 0 Å². The minimum absolute atomic E-state index is 0.0384. The first-order valence-electron chi connectivity index (χ1n) is 18.2. The van der Waals surface area contributed by atoms with E-state index in [1.165, 1.54) is 0 Å². The van der Waals surface area contributed by atoms with Crippen LogP contribution in [0.4, 0.5) is 4.79 Å². The van der Waals surface area contributed by atoms with Gasteiger partial charge in [0.2, 0.25) is 17.6 Å². The number of unbranched alkanes of at least 4 members (excludes halogenated alkanes) is 1. The highest BCUT2D eigenvalue weighted by Gasteiger charge is 2.45. The van der Waals surface area contributed by atoms with Gasteiger partial charge in [-0.2, -0.15) is 0 Å². The van der Waals surface area contributed by atoms with Gasteiger partial charge in [0.05, 0.1) is 6.04 Å². The van der Waals surface area contributed by atoms with Crippen LogP contribution in [-0.4, -0.2) is 64.8 Å². The number of amides is 3. The van der Waals surface area contributed by atoms with Crippen LogP contribution < -0.4 is 16.4 Å². The fourth-order valence-corrected chi connectivity index (χ4v) is 6.88. The van der Waals surface area contributed by atoms with E-state index in [1.807, 2.05) is 91.0 Å². The predicted octanol–water partition coefficient (Wildman–Crippen LogP) is 5.94. The second kappa shape index (κ2) is 18.1. The first kappa shape index (κ1) is 37.0. The van der Waals surface area contributed by atoms with Gasteiger partial charge in [-0.05, 0) is 73.9 Å². The number of Topliss-reactive ketones (excluding diaryl/α,β-unsaturated/α-hetero) is 1. The third-order valence-electron chi connectivity index (χ3n) is 9.63. The number of rotatable bonds is 16. The number of benzene rings is 4. The van der Waals surface area contributed by atoms with Crippen LogP contribution in [0.25, 0.3) is 11.1 Å². The van der Waals surface area contributed by atoms with E-state index in [0.29, 0.717) is 49.7 Å². The summed E-state index contributed by atoms with van der Waals surface area (Å²) in [6.45, 7) is 0.747. The molecule has 5 aromatic rings. The van der Waals surface area contributed by atoms with Crippen LogP contribution in [0.5, 0.6) is 0 Å². The lowest BCUT2D eigenvalue weighted by Crippen LogP contribution is -2.56. The van der Waals surface area contributed by atoms with Crippen LogP contribution >= 0.6 is 0 Å². The van der Waals surface area contributed by atoms with Gasteiger partial charge in [0.1, 0.15) is 24.2 Å². The van der Waals surface area contributed by atoms with Crippen molar-refractivity contribution in [1.29, 1.82) is 0 Å². The molecule has 274 valence electrons. The Morgan fingerprint density at radius 1 is 0.792 bits per heavy atom. The Labute approximate surface area is 308 Å². The molecule has 2 heterocycles. The normalized spacial score (nSPS) is 16.5. The number of alkyl carbamates (subject to hydrolysis) is 1. The lowest BCUT2D eigenvalue weighted by Gasteiger charge is -2.32. The molecule has 1 fully saturated rings. The number of oxazole rings is 1. The molecular weight excluding hydrogens is 670 g/mol. The van der Waals surface area contributed by atoms with Crippen molar-refractivity contribution in [2.24, 2.45) is 5.73 Å². The smallest absolute Gasteiger partial charge is 0.408 e. The van der Waals surface area contributed by atoms with Crippen LogP contribution in [0.1, 0.15) is 65.4 Å². The molecule has 1 aliphatic rings. The summed E-state index contributed by atoms with van der Waals surface area (Å²) >= 11 is 0. The van der Waals surface area contributed by atoms with Crippen molar-refractivity contribution in [2.45, 2.75) is 69.2 Å². The van der Waals surface area contributed by atoms with Crippen molar-refractivity contribution in [3.63, 3.8) is 0 Å². The van der Waals surface area contributed by atoms with Crippen molar-refractivity contribution < 1.29 is 28.3 Å². The number of nitrogens with two attached hydrogens (primary N) is 1.